The fourth-order valence-corrected chi connectivity index (χ4v) is 9.38. The summed E-state index contributed by atoms with van der Waals surface area (Å²) >= 11 is 3.50. The molecule has 70 heavy (non-hydrogen) atoms. The van der Waals surface area contributed by atoms with Gasteiger partial charge < -0.3 is 34.3 Å². The zero-order valence-electron chi connectivity index (χ0n) is 41.9. The van der Waals surface area contributed by atoms with Crippen molar-refractivity contribution in [2.24, 2.45) is 0 Å². The summed E-state index contributed by atoms with van der Waals surface area (Å²) in [5, 5.41) is 16.9. The highest BCUT2D eigenvalue weighted by Gasteiger charge is 2.13. The second-order valence-electron chi connectivity index (χ2n) is 17.6. The van der Waals surface area contributed by atoms with Gasteiger partial charge in [0.05, 0.1) is 33.1 Å². The summed E-state index contributed by atoms with van der Waals surface area (Å²) in [5.74, 6) is 3.39. The SMILES string of the molecule is CCCCCCn1c(CCc2ccccc2O)nc2ccccc21.CCCCn1c(NCc2ccc(N(CC)CC)cc2)nc2ccccc21.CCn1c(NCc2cccc(Br)c2)nc2ccccc21. The Balaban J connectivity index is 0.000000156. The second-order valence-corrected chi connectivity index (χ2v) is 18.5. The van der Waals surface area contributed by atoms with Gasteiger partial charge in [-0.05, 0) is 123 Å². The monoisotopic (exact) mass is 1000 g/mol. The number of rotatable bonds is 21. The maximum atomic E-state index is 9.97. The molecule has 11 heteroatoms. The van der Waals surface area contributed by atoms with Gasteiger partial charge in [-0.2, -0.15) is 0 Å². The molecule has 10 nitrogen and oxygen atoms in total. The van der Waals surface area contributed by atoms with E-state index in [2.05, 4.69) is 170 Å². The first-order valence-corrected chi connectivity index (χ1v) is 26.3. The van der Waals surface area contributed by atoms with E-state index >= 15 is 0 Å². The maximum absolute atomic E-state index is 9.97. The first-order valence-electron chi connectivity index (χ1n) is 25.5. The standard InChI is InChI=1S/C22H30N4.C21H26N2O.C16H16BrN3/c1-4-7-16-26-21-11-9-8-10-20(21)24-22(26)23-17-18-12-14-19(15-13-18)25(5-2)6-3;1-2-3-4-9-16-23-19-12-7-6-11-18(19)22-21(23)15-14-17-10-5-8-13-20(17)24;1-2-20-15-9-4-3-8-14(15)19-16(20)18-11-12-6-5-7-13(17)10-12/h8-15H,4-7,16-17H2,1-3H3,(H,23,24);5-8,10-13,24H,2-4,9,14-16H2,1H3;3-10H,2,11H2,1H3,(H,18,19). The largest absolute Gasteiger partial charge is 0.508 e. The quantitative estimate of drug-likeness (QED) is 0.0617. The second kappa shape index (κ2) is 26.4. The number of unbranched alkanes of at least 4 members (excludes halogenated alkanes) is 4. The fraction of sp³-hybridized carbons (Fsp3) is 0.339. The third-order valence-corrected chi connectivity index (χ3v) is 13.3. The minimum absolute atomic E-state index is 0.378. The number of aryl methyl sites for hydroxylation is 5. The molecule has 0 aliphatic carbocycles. The lowest BCUT2D eigenvalue weighted by atomic mass is 10.1. The number of para-hydroxylation sites is 7. The number of fused-ring (bicyclic) bond motifs is 3. The Labute approximate surface area is 424 Å². The van der Waals surface area contributed by atoms with Crippen LogP contribution in [0, 0.1) is 0 Å². The Morgan fingerprint density at radius 2 is 1.07 bits per heavy atom. The van der Waals surface area contributed by atoms with E-state index in [4.69, 9.17) is 9.97 Å². The van der Waals surface area contributed by atoms with Crippen LogP contribution in [0.1, 0.15) is 95.7 Å². The van der Waals surface area contributed by atoms with Crippen molar-refractivity contribution >= 4 is 66.6 Å². The fourth-order valence-electron chi connectivity index (χ4n) is 8.94. The summed E-state index contributed by atoms with van der Waals surface area (Å²) in [4.78, 5) is 16.7. The minimum atomic E-state index is 0.378. The van der Waals surface area contributed by atoms with Gasteiger partial charge in [0.15, 0.2) is 0 Å². The molecule has 9 rings (SSSR count). The van der Waals surface area contributed by atoms with Gasteiger partial charge >= 0.3 is 0 Å². The number of hydrogen-bond donors (Lipinski definition) is 3. The van der Waals surface area contributed by atoms with Crippen LogP contribution in [-0.2, 0) is 45.6 Å². The molecule has 0 radical (unpaired) electrons. The highest BCUT2D eigenvalue weighted by molar-refractivity contribution is 9.10. The molecule has 3 heterocycles. The number of imidazole rings is 3. The molecular formula is C59H72BrN9O. The Morgan fingerprint density at radius 3 is 1.69 bits per heavy atom. The molecule has 0 saturated carbocycles. The first-order chi connectivity index (χ1) is 34.3. The Hall–Kier alpha value is -6.59. The molecule has 0 saturated heterocycles. The summed E-state index contributed by atoms with van der Waals surface area (Å²) < 4.78 is 7.97. The number of halogens is 1. The van der Waals surface area contributed by atoms with E-state index in [1.54, 1.807) is 6.07 Å². The average Bonchev–Trinajstić information content (AvgIpc) is 4.07. The van der Waals surface area contributed by atoms with E-state index in [1.165, 1.54) is 65.5 Å². The highest BCUT2D eigenvalue weighted by atomic mass is 79.9. The molecule has 0 unspecified atom stereocenters. The molecule has 3 N–H and O–H groups in total. The van der Waals surface area contributed by atoms with E-state index in [9.17, 15) is 5.11 Å². The van der Waals surface area contributed by atoms with Gasteiger partial charge in [0.25, 0.3) is 0 Å². The number of aromatic hydroxyl groups is 1. The van der Waals surface area contributed by atoms with Crippen LogP contribution in [0.5, 0.6) is 5.75 Å². The van der Waals surface area contributed by atoms with E-state index in [1.807, 2.05) is 54.6 Å². The van der Waals surface area contributed by atoms with Crippen molar-refractivity contribution in [3.63, 3.8) is 0 Å². The molecule has 0 bridgehead atoms. The van der Waals surface area contributed by atoms with Crippen LogP contribution in [-0.4, -0.2) is 46.8 Å². The van der Waals surface area contributed by atoms with Crippen LogP contribution in [0.2, 0.25) is 0 Å². The van der Waals surface area contributed by atoms with E-state index in [0.29, 0.717) is 5.75 Å². The molecule has 0 spiro atoms. The van der Waals surface area contributed by atoms with Crippen LogP contribution in [0.3, 0.4) is 0 Å². The molecule has 0 atom stereocenters. The maximum Gasteiger partial charge on any atom is 0.204 e. The number of nitrogens with one attached hydrogen (secondary N) is 2. The average molecular weight is 1000 g/mol. The molecule has 366 valence electrons. The Bertz CT molecular complexity index is 2990. The van der Waals surface area contributed by atoms with Gasteiger partial charge in [-0.25, -0.2) is 15.0 Å². The summed E-state index contributed by atoms with van der Waals surface area (Å²) in [6.45, 7) is 17.5. The Morgan fingerprint density at radius 1 is 0.514 bits per heavy atom. The molecule has 0 fully saturated rings. The van der Waals surface area contributed by atoms with Gasteiger partial charge in [-0.3, -0.25) is 0 Å². The Kier molecular flexibility index (Phi) is 19.3. The number of anilines is 3. The van der Waals surface area contributed by atoms with Gasteiger partial charge in [0.2, 0.25) is 11.9 Å². The summed E-state index contributed by atoms with van der Waals surface area (Å²) in [6, 6.07) is 49.7. The van der Waals surface area contributed by atoms with Crippen LogP contribution in [0.4, 0.5) is 17.6 Å². The highest BCUT2D eigenvalue weighted by Crippen LogP contribution is 2.25. The number of benzene rings is 6. The number of nitrogens with zero attached hydrogens (tertiary/aromatic N) is 7. The molecule has 0 amide bonds. The van der Waals surface area contributed by atoms with Crippen molar-refractivity contribution in [2.75, 3.05) is 28.6 Å². The predicted molar refractivity (Wildman–Crippen MR) is 298 cm³/mol. The van der Waals surface area contributed by atoms with Gasteiger partial charge in [-0.1, -0.05) is 134 Å². The molecule has 9 aromatic rings. The van der Waals surface area contributed by atoms with Gasteiger partial charge in [0.1, 0.15) is 11.6 Å². The number of aromatic nitrogens is 6. The minimum Gasteiger partial charge on any atom is -0.508 e. The van der Waals surface area contributed by atoms with Crippen LogP contribution in [0.25, 0.3) is 33.1 Å². The smallest absolute Gasteiger partial charge is 0.204 e. The third-order valence-electron chi connectivity index (χ3n) is 12.8. The van der Waals surface area contributed by atoms with Crippen molar-refractivity contribution in [3.8, 4) is 5.75 Å². The molecule has 3 aromatic heterocycles. The number of phenols is 1. The molecular weight excluding hydrogens is 931 g/mol. The molecule has 0 aliphatic heterocycles. The van der Waals surface area contributed by atoms with E-state index in [0.717, 1.165) is 109 Å². The normalized spacial score (nSPS) is 11.1. The van der Waals surface area contributed by atoms with Gasteiger partial charge in [0, 0.05) is 62.4 Å². The molecule has 6 aromatic carbocycles. The zero-order chi connectivity index (χ0) is 49.1. The summed E-state index contributed by atoms with van der Waals surface area (Å²) in [5.41, 5.74) is 11.5. The first kappa shape index (κ1) is 51.3. The van der Waals surface area contributed by atoms with Gasteiger partial charge in [-0.15, -0.1) is 0 Å². The molecule has 0 aliphatic rings. The summed E-state index contributed by atoms with van der Waals surface area (Å²) in [7, 11) is 0. The number of hydrogen-bond acceptors (Lipinski definition) is 7. The van der Waals surface area contributed by atoms with Crippen molar-refractivity contribution < 1.29 is 5.11 Å². The predicted octanol–water partition coefficient (Wildman–Crippen LogP) is 14.8. The van der Waals surface area contributed by atoms with E-state index < -0.39 is 0 Å². The number of phenolic OH excluding ortho intramolecular Hbond substituents is 1. The van der Waals surface area contributed by atoms with Crippen LogP contribution >= 0.6 is 15.9 Å². The third kappa shape index (κ3) is 13.6. The lowest BCUT2D eigenvalue weighted by Crippen LogP contribution is -2.21. The van der Waals surface area contributed by atoms with E-state index in [-0.39, 0.29) is 0 Å². The van der Waals surface area contributed by atoms with Crippen molar-refractivity contribution in [2.45, 2.75) is 119 Å². The lowest BCUT2D eigenvalue weighted by molar-refractivity contribution is 0.467. The lowest BCUT2D eigenvalue weighted by Gasteiger charge is -2.21. The zero-order valence-corrected chi connectivity index (χ0v) is 43.5. The van der Waals surface area contributed by atoms with Crippen LogP contribution in [0.15, 0.2) is 150 Å². The van der Waals surface area contributed by atoms with Crippen LogP contribution < -0.4 is 15.5 Å². The van der Waals surface area contributed by atoms with Crippen molar-refractivity contribution in [1.82, 2.24) is 28.7 Å². The summed E-state index contributed by atoms with van der Waals surface area (Å²) in [6.07, 6.45) is 9.00. The van der Waals surface area contributed by atoms with Crippen molar-refractivity contribution in [3.05, 3.63) is 173 Å². The topological polar surface area (TPSA) is 101 Å². The van der Waals surface area contributed by atoms with Crippen molar-refractivity contribution in [1.29, 1.82) is 0 Å².